The number of carbonyl (C=O) groups excluding carboxylic acids is 2. The average molecular weight is 530 g/mol. The molecule has 10 heteroatoms. The van der Waals surface area contributed by atoms with Crippen molar-refractivity contribution >= 4 is 23.7 Å². The lowest BCUT2D eigenvalue weighted by Gasteiger charge is -2.38. The van der Waals surface area contributed by atoms with Gasteiger partial charge in [-0.1, -0.05) is 24.3 Å². The van der Waals surface area contributed by atoms with E-state index in [1.165, 1.54) is 6.08 Å². The molecule has 0 saturated carbocycles. The number of nitrogen functional groups attached to an aromatic ring is 1. The number of aromatic nitrogens is 2. The number of halogens is 2. The first-order valence-electron chi connectivity index (χ1n) is 12.2. The zero-order valence-corrected chi connectivity index (χ0v) is 21.0. The molecule has 0 unspecified atom stereocenters. The van der Waals surface area contributed by atoms with Gasteiger partial charge in [0.15, 0.2) is 0 Å². The number of alkyl halides is 2. The van der Waals surface area contributed by atoms with Gasteiger partial charge in [0.05, 0.1) is 25.8 Å². The molecule has 3 heterocycles. The molecular formula is C29H25F2N5O3. The molecule has 198 valence electrons. The Labute approximate surface area is 223 Å². The van der Waals surface area contributed by atoms with Crippen molar-refractivity contribution in [3.05, 3.63) is 95.5 Å². The van der Waals surface area contributed by atoms with Crippen molar-refractivity contribution in [2.24, 2.45) is 0 Å². The number of aryl methyl sites for hydroxylation is 1. The maximum atomic E-state index is 13.1. The van der Waals surface area contributed by atoms with E-state index in [4.69, 9.17) is 10.2 Å². The highest BCUT2D eigenvalue weighted by atomic mass is 19.3. The highest BCUT2D eigenvalue weighted by Gasteiger charge is 2.46. The van der Waals surface area contributed by atoms with Crippen LogP contribution in [0.5, 0.6) is 0 Å². The van der Waals surface area contributed by atoms with E-state index in [0.29, 0.717) is 23.0 Å². The van der Waals surface area contributed by atoms with Crippen molar-refractivity contribution in [1.82, 2.24) is 20.2 Å². The smallest absolute Gasteiger partial charge is 0.282 e. The normalized spacial score (nSPS) is 14.3. The molecule has 0 spiro atoms. The molecule has 3 N–H and O–H groups in total. The minimum Gasteiger partial charge on any atom is -0.439 e. The molecule has 0 aliphatic carbocycles. The molecule has 39 heavy (non-hydrogen) atoms. The summed E-state index contributed by atoms with van der Waals surface area (Å²) in [7, 11) is 0. The second kappa shape index (κ2) is 10.5. The molecule has 2 aromatic carbocycles. The Bertz CT molecular complexity index is 1540. The van der Waals surface area contributed by atoms with Gasteiger partial charge in [-0.15, -0.1) is 0 Å². The van der Waals surface area contributed by atoms with Crippen molar-refractivity contribution in [3.63, 3.8) is 0 Å². The standard InChI is InChI=1S/C29H25F2N5O3/c1-18-12-22(20-4-6-21(7-5-20)28(38)36-16-29(30,31)17-36)8-9-24(18)27-35-15-23(39-27)14-34-26(37)11-3-19-2-10-25(32)33-13-19/h2-13,15H,14,16-17H2,1H3,(H2,32,33)(H,34,37)/b11-3+. The van der Waals surface area contributed by atoms with Crippen molar-refractivity contribution in [1.29, 1.82) is 0 Å². The molecule has 1 aliphatic heterocycles. The number of nitrogens with one attached hydrogen (secondary N) is 1. The maximum Gasteiger partial charge on any atom is 0.282 e. The van der Waals surface area contributed by atoms with E-state index in [1.807, 2.05) is 25.1 Å². The third-order valence-electron chi connectivity index (χ3n) is 6.28. The number of carbonyl (C=O) groups is 2. The lowest BCUT2D eigenvalue weighted by molar-refractivity contribution is -0.116. The second-order valence-electron chi connectivity index (χ2n) is 9.32. The summed E-state index contributed by atoms with van der Waals surface area (Å²) < 4.78 is 32.0. The minimum atomic E-state index is -2.79. The number of benzene rings is 2. The van der Waals surface area contributed by atoms with Gasteiger partial charge in [-0.25, -0.2) is 18.7 Å². The number of oxazole rings is 1. The number of nitrogens with two attached hydrogens (primary N) is 1. The van der Waals surface area contributed by atoms with E-state index >= 15 is 0 Å². The molecule has 0 atom stereocenters. The summed E-state index contributed by atoms with van der Waals surface area (Å²) in [6, 6.07) is 16.1. The number of anilines is 1. The number of likely N-dealkylation sites (tertiary alicyclic amines) is 1. The van der Waals surface area contributed by atoms with Gasteiger partial charge < -0.3 is 20.4 Å². The van der Waals surface area contributed by atoms with Crippen LogP contribution in [0.3, 0.4) is 0 Å². The van der Waals surface area contributed by atoms with E-state index in [2.05, 4.69) is 15.3 Å². The molecule has 1 saturated heterocycles. The SMILES string of the molecule is Cc1cc(-c2ccc(C(=O)N3CC(F)(F)C3)cc2)ccc1-c1ncc(CNC(=O)/C=C/c2ccc(N)nc2)o1. The molecule has 1 aliphatic rings. The van der Waals surface area contributed by atoms with Gasteiger partial charge in [-0.05, 0) is 65.6 Å². The zero-order chi connectivity index (χ0) is 27.6. The molecule has 2 aromatic heterocycles. The number of pyridine rings is 1. The molecule has 0 radical (unpaired) electrons. The van der Waals surface area contributed by atoms with Gasteiger partial charge in [0.1, 0.15) is 11.6 Å². The summed E-state index contributed by atoms with van der Waals surface area (Å²) in [6.07, 6.45) is 6.18. The second-order valence-corrected chi connectivity index (χ2v) is 9.32. The number of hydrogen-bond donors (Lipinski definition) is 2. The van der Waals surface area contributed by atoms with E-state index in [0.717, 1.165) is 32.7 Å². The van der Waals surface area contributed by atoms with E-state index in [1.54, 1.807) is 54.9 Å². The highest BCUT2D eigenvalue weighted by Crippen LogP contribution is 2.30. The van der Waals surface area contributed by atoms with Crippen LogP contribution >= 0.6 is 0 Å². The van der Waals surface area contributed by atoms with Gasteiger partial charge in [0, 0.05) is 23.4 Å². The van der Waals surface area contributed by atoms with E-state index < -0.39 is 24.9 Å². The summed E-state index contributed by atoms with van der Waals surface area (Å²) in [5.74, 6) is -2.14. The summed E-state index contributed by atoms with van der Waals surface area (Å²) in [6.45, 7) is 1.03. The number of rotatable bonds is 7. The Kier molecular flexibility index (Phi) is 6.93. The van der Waals surface area contributed by atoms with Crippen LogP contribution in [0.2, 0.25) is 0 Å². The molecule has 5 rings (SSSR count). The minimum absolute atomic E-state index is 0.174. The summed E-state index contributed by atoms with van der Waals surface area (Å²) in [5.41, 5.74) is 10.2. The van der Waals surface area contributed by atoms with Crippen LogP contribution in [-0.2, 0) is 11.3 Å². The quantitative estimate of drug-likeness (QED) is 0.335. The predicted molar refractivity (Wildman–Crippen MR) is 142 cm³/mol. The Hall–Kier alpha value is -4.86. The van der Waals surface area contributed by atoms with Crippen molar-refractivity contribution in [2.45, 2.75) is 19.4 Å². The van der Waals surface area contributed by atoms with Gasteiger partial charge in [-0.3, -0.25) is 9.59 Å². The number of amides is 2. The third-order valence-corrected chi connectivity index (χ3v) is 6.28. The summed E-state index contributed by atoms with van der Waals surface area (Å²) >= 11 is 0. The van der Waals surface area contributed by atoms with Crippen LogP contribution in [0.1, 0.15) is 27.2 Å². The van der Waals surface area contributed by atoms with Crippen molar-refractivity contribution in [3.8, 4) is 22.6 Å². The van der Waals surface area contributed by atoms with Gasteiger partial charge in [0.2, 0.25) is 11.8 Å². The Morgan fingerprint density at radius 3 is 2.46 bits per heavy atom. The van der Waals surface area contributed by atoms with Crippen LogP contribution < -0.4 is 11.1 Å². The molecule has 4 aromatic rings. The number of hydrogen-bond acceptors (Lipinski definition) is 6. The van der Waals surface area contributed by atoms with Crippen molar-refractivity contribution < 1.29 is 22.8 Å². The molecular weight excluding hydrogens is 504 g/mol. The molecule has 1 fully saturated rings. The number of nitrogens with zero attached hydrogens (tertiary/aromatic N) is 3. The molecule has 8 nitrogen and oxygen atoms in total. The average Bonchev–Trinajstić information content (AvgIpc) is 3.38. The fourth-order valence-electron chi connectivity index (χ4n) is 4.16. The first-order chi connectivity index (χ1) is 18.7. The lowest BCUT2D eigenvalue weighted by atomic mass is 9.98. The van der Waals surface area contributed by atoms with Gasteiger partial charge in [-0.2, -0.15) is 0 Å². The third kappa shape index (κ3) is 6.01. The fraction of sp³-hybridized carbons (Fsp3) is 0.172. The van der Waals surface area contributed by atoms with Crippen molar-refractivity contribution in [2.75, 3.05) is 18.8 Å². The Morgan fingerprint density at radius 2 is 1.79 bits per heavy atom. The van der Waals surface area contributed by atoms with Gasteiger partial charge in [0.25, 0.3) is 11.8 Å². The van der Waals surface area contributed by atoms with Crippen LogP contribution in [0.4, 0.5) is 14.6 Å². The van der Waals surface area contributed by atoms with E-state index in [-0.39, 0.29) is 12.5 Å². The van der Waals surface area contributed by atoms with Crippen LogP contribution in [0.15, 0.2) is 77.5 Å². The predicted octanol–water partition coefficient (Wildman–Crippen LogP) is 4.71. The monoisotopic (exact) mass is 529 g/mol. The van der Waals surface area contributed by atoms with Crippen LogP contribution in [0, 0.1) is 6.92 Å². The molecule has 2 amide bonds. The maximum absolute atomic E-state index is 13.1. The van der Waals surface area contributed by atoms with Crippen LogP contribution in [-0.4, -0.2) is 45.7 Å². The van der Waals surface area contributed by atoms with Crippen LogP contribution in [0.25, 0.3) is 28.7 Å². The Morgan fingerprint density at radius 1 is 1.05 bits per heavy atom. The van der Waals surface area contributed by atoms with Gasteiger partial charge >= 0.3 is 0 Å². The largest absolute Gasteiger partial charge is 0.439 e. The molecule has 0 bridgehead atoms. The fourth-order valence-corrected chi connectivity index (χ4v) is 4.16. The Balaban J connectivity index is 1.19. The lowest BCUT2D eigenvalue weighted by Crippen LogP contribution is -2.58. The topological polar surface area (TPSA) is 114 Å². The first kappa shape index (κ1) is 25.8. The summed E-state index contributed by atoms with van der Waals surface area (Å²) in [5, 5.41) is 2.75. The van der Waals surface area contributed by atoms with E-state index in [9.17, 15) is 18.4 Å². The first-order valence-corrected chi connectivity index (χ1v) is 12.2. The highest BCUT2D eigenvalue weighted by molar-refractivity contribution is 5.95. The zero-order valence-electron chi connectivity index (χ0n) is 21.0. The summed E-state index contributed by atoms with van der Waals surface area (Å²) in [4.78, 5) is 33.9.